The maximum Gasteiger partial charge on any atom is 1.00 e. The Labute approximate surface area is 121 Å². The topological polar surface area (TPSA) is 69.2 Å². The number of carbonyl (C=O) groups is 2. The first-order valence-electron chi connectivity index (χ1n) is 2.64. The average Bonchev–Trinajstić information content (AvgIpc) is 1.81. The predicted molar refractivity (Wildman–Crippen MR) is 34.8 cm³/mol. The van der Waals surface area contributed by atoms with E-state index in [0.29, 0.717) is 0 Å². The van der Waals surface area contributed by atoms with Crippen LogP contribution >= 0.6 is 0 Å². The van der Waals surface area contributed by atoms with Gasteiger partial charge in [0.25, 0.3) is 0 Å². The van der Waals surface area contributed by atoms with Crippen LogP contribution in [0, 0.1) is 0 Å². The molecule has 1 unspecified atom stereocenters. The summed E-state index contributed by atoms with van der Waals surface area (Å²) in [6.45, 7) is 1.22. The molecule has 1 amide bonds. The Kier molecular flexibility index (Phi) is 16.4. The molecule has 0 rings (SSSR count). The molecule has 0 aliphatic rings. The monoisotopic (exact) mass is 207 g/mol. The van der Waals surface area contributed by atoms with Crippen molar-refractivity contribution < 1.29 is 73.8 Å². The fourth-order valence-corrected chi connectivity index (χ4v) is 0.633. The number of hydrogen-bond donors (Lipinski definition) is 1. The molecule has 0 aliphatic carbocycles. The van der Waals surface area contributed by atoms with E-state index in [2.05, 4.69) is 17.9 Å². The van der Waals surface area contributed by atoms with E-state index in [1.807, 2.05) is 0 Å². The molecule has 0 aromatic carbocycles. The zero-order valence-electron chi connectivity index (χ0n) is 7.42. The summed E-state index contributed by atoms with van der Waals surface area (Å²) in [5.41, 5.74) is 0. The summed E-state index contributed by atoms with van der Waals surface area (Å²) in [7, 11) is 0. The molecule has 58 valence electrons. The first kappa shape index (κ1) is 19.0. The summed E-state index contributed by atoms with van der Waals surface area (Å²) in [5.74, 6) is -1.83. The van der Waals surface area contributed by atoms with E-state index >= 15 is 0 Å². The quantitative estimate of drug-likeness (QED) is 0.368. The summed E-state index contributed by atoms with van der Waals surface area (Å²) in [5, 5.41) is 12.2. The first-order chi connectivity index (χ1) is 4.57. The van der Waals surface area contributed by atoms with Gasteiger partial charge in [-0.05, 0) is 0 Å². The zero-order valence-corrected chi connectivity index (χ0v) is 12.2. The molecule has 0 spiro atoms. The van der Waals surface area contributed by atoms with Gasteiger partial charge in [0.1, 0.15) is 0 Å². The van der Waals surface area contributed by atoms with Gasteiger partial charge in [0, 0.05) is 13.0 Å². The fourth-order valence-electron chi connectivity index (χ4n) is 0.414. The summed E-state index contributed by atoms with van der Waals surface area (Å²) in [4.78, 5) is 20.3. The van der Waals surface area contributed by atoms with Crippen molar-refractivity contribution in [2.75, 3.05) is 5.75 Å². The van der Waals surface area contributed by atoms with Crippen LogP contribution in [0.3, 0.4) is 0 Å². The van der Waals surface area contributed by atoms with Crippen molar-refractivity contribution in [3.63, 3.8) is 0 Å². The minimum atomic E-state index is -1.34. The smallest absolute Gasteiger partial charge is 0.790 e. The summed E-state index contributed by atoms with van der Waals surface area (Å²) >= 11 is 4.43. The Morgan fingerprint density at radius 1 is 1.50 bits per heavy atom. The van der Waals surface area contributed by atoms with E-state index < -0.39 is 17.9 Å². The maximum absolute atomic E-state index is 10.3. The molecule has 0 fully saturated rings. The van der Waals surface area contributed by atoms with Gasteiger partial charge in [-0.15, -0.1) is 0 Å². The summed E-state index contributed by atoms with van der Waals surface area (Å²) in [6, 6.07) is -1.03. The Morgan fingerprint density at radius 2 is 1.92 bits per heavy atom. The third-order valence-electron chi connectivity index (χ3n) is 0.829. The maximum atomic E-state index is 10.3. The van der Waals surface area contributed by atoms with E-state index in [0.717, 1.165) is 0 Å². The number of carboxylic acid groups (broad SMARTS) is 1. The number of nitrogens with one attached hydrogen (secondary N) is 1. The molecular formula is C5H7NNa2O3S. The van der Waals surface area contributed by atoms with Crippen LogP contribution in [0.15, 0.2) is 0 Å². The number of rotatable bonds is 3. The third-order valence-corrected chi connectivity index (χ3v) is 1.16. The second kappa shape index (κ2) is 10.4. The van der Waals surface area contributed by atoms with Gasteiger partial charge in [-0.1, -0.05) is 0 Å². The molecule has 0 saturated carbocycles. The number of carbonyl (C=O) groups excluding carboxylic acids is 2. The number of aliphatic carboxylic acids is 1. The average molecular weight is 207 g/mol. The van der Waals surface area contributed by atoms with Crippen molar-refractivity contribution in [3.8, 4) is 0 Å². The minimum Gasteiger partial charge on any atom is -0.790 e. The van der Waals surface area contributed by atoms with Gasteiger partial charge in [-0.3, -0.25) is 4.79 Å². The Hall–Kier alpha value is 1.29. The van der Waals surface area contributed by atoms with Crippen LogP contribution in [0.4, 0.5) is 0 Å². The van der Waals surface area contributed by atoms with E-state index in [1.165, 1.54) is 6.92 Å². The predicted octanol–water partition coefficient (Wildman–Crippen LogP) is -8.20. The summed E-state index contributed by atoms with van der Waals surface area (Å²) < 4.78 is 0. The van der Waals surface area contributed by atoms with Gasteiger partial charge in [-0.2, -0.15) is 5.75 Å². The summed E-state index contributed by atoms with van der Waals surface area (Å²) in [6.07, 6.45) is 0. The van der Waals surface area contributed by atoms with Crippen molar-refractivity contribution >= 4 is 24.5 Å². The molecule has 7 heteroatoms. The Balaban J connectivity index is -0.000000405. The Bertz CT molecular complexity index is 156. The number of carboxylic acids is 1. The van der Waals surface area contributed by atoms with Crippen molar-refractivity contribution in [2.24, 2.45) is 0 Å². The molecule has 4 nitrogen and oxygen atoms in total. The SMILES string of the molecule is CC(=O)NC(C[S-])C(=O)[O-].[Na+].[Na+]. The molecular weight excluding hydrogens is 200 g/mol. The van der Waals surface area contributed by atoms with E-state index in [1.54, 1.807) is 0 Å². The largest absolute Gasteiger partial charge is 1.00 e. The van der Waals surface area contributed by atoms with Gasteiger partial charge in [0.05, 0.1) is 5.97 Å². The molecule has 0 heterocycles. The van der Waals surface area contributed by atoms with Crippen molar-refractivity contribution in [2.45, 2.75) is 13.0 Å². The van der Waals surface area contributed by atoms with E-state index in [4.69, 9.17) is 0 Å². The zero-order chi connectivity index (χ0) is 8.15. The molecule has 12 heavy (non-hydrogen) atoms. The van der Waals surface area contributed by atoms with Gasteiger partial charge >= 0.3 is 59.1 Å². The van der Waals surface area contributed by atoms with Crippen LogP contribution in [-0.4, -0.2) is 23.7 Å². The molecule has 0 radical (unpaired) electrons. The van der Waals surface area contributed by atoms with Crippen LogP contribution in [0.25, 0.3) is 0 Å². The number of amides is 1. The Morgan fingerprint density at radius 3 is 2.00 bits per heavy atom. The van der Waals surface area contributed by atoms with Crippen molar-refractivity contribution in [1.29, 1.82) is 0 Å². The van der Waals surface area contributed by atoms with Gasteiger partial charge < -0.3 is 27.8 Å². The second-order valence-electron chi connectivity index (χ2n) is 1.74. The second-order valence-corrected chi connectivity index (χ2v) is 2.07. The molecule has 0 aromatic heterocycles. The molecule has 0 aliphatic heterocycles. The van der Waals surface area contributed by atoms with Gasteiger partial charge in [0.15, 0.2) is 0 Å². The van der Waals surface area contributed by atoms with Gasteiger partial charge in [-0.25, -0.2) is 0 Å². The molecule has 0 bridgehead atoms. The van der Waals surface area contributed by atoms with Crippen LogP contribution < -0.4 is 69.5 Å². The van der Waals surface area contributed by atoms with Crippen molar-refractivity contribution in [1.82, 2.24) is 5.32 Å². The normalized spacial score (nSPS) is 10.2. The van der Waals surface area contributed by atoms with Crippen LogP contribution in [-0.2, 0) is 22.2 Å². The third kappa shape index (κ3) is 9.38. The first-order valence-corrected chi connectivity index (χ1v) is 3.21. The molecule has 0 saturated heterocycles. The van der Waals surface area contributed by atoms with Crippen molar-refractivity contribution in [3.05, 3.63) is 0 Å². The number of hydrogen-bond acceptors (Lipinski definition) is 4. The standard InChI is InChI=1S/C5H9NO3S.2Na/c1-3(7)6-4(2-10)5(8)9;;/h4,10H,2H2,1H3,(H,6,7)(H,8,9);;/q;2*+1/p-2. The van der Waals surface area contributed by atoms with Gasteiger partial charge in [0.2, 0.25) is 5.91 Å². The van der Waals surface area contributed by atoms with E-state index in [-0.39, 0.29) is 64.9 Å². The molecule has 1 atom stereocenters. The fraction of sp³-hybridized carbons (Fsp3) is 0.600. The minimum absolute atomic E-state index is 0. The van der Waals surface area contributed by atoms with Crippen LogP contribution in [0.2, 0.25) is 0 Å². The molecule has 0 aromatic rings. The van der Waals surface area contributed by atoms with Crippen LogP contribution in [0.5, 0.6) is 0 Å². The van der Waals surface area contributed by atoms with E-state index in [9.17, 15) is 14.7 Å². The molecule has 1 N–H and O–H groups in total. The van der Waals surface area contributed by atoms with Crippen LogP contribution in [0.1, 0.15) is 6.92 Å².